The number of carbonyl (C=O) groups excluding carboxylic acids is 1. The maximum Gasteiger partial charge on any atom is 0.303 e. The Kier molecular flexibility index (Phi) is 7.62. The van der Waals surface area contributed by atoms with Gasteiger partial charge in [-0.1, -0.05) is 6.92 Å². The summed E-state index contributed by atoms with van der Waals surface area (Å²) in [6.07, 6.45) is 1.65. The topological polar surface area (TPSA) is 75.6 Å². The van der Waals surface area contributed by atoms with Gasteiger partial charge in [-0.3, -0.25) is 9.59 Å². The molecular formula is C10H19NO4. The second kappa shape index (κ2) is 8.23. The standard InChI is InChI=1S/C10H19NO4/c1-3-8(15-2)10(14)11-7-5-4-6-9(12)13/h8H,3-7H2,1-2H3,(H,11,14)(H,12,13). The fourth-order valence-corrected chi connectivity index (χ4v) is 1.19. The molecule has 5 heteroatoms. The summed E-state index contributed by atoms with van der Waals surface area (Å²) >= 11 is 0. The van der Waals surface area contributed by atoms with E-state index < -0.39 is 12.1 Å². The van der Waals surface area contributed by atoms with E-state index in [-0.39, 0.29) is 12.3 Å². The second-order valence-electron chi connectivity index (χ2n) is 3.27. The zero-order valence-corrected chi connectivity index (χ0v) is 9.28. The smallest absolute Gasteiger partial charge is 0.303 e. The summed E-state index contributed by atoms with van der Waals surface area (Å²) in [5, 5.41) is 11.1. The highest BCUT2D eigenvalue weighted by atomic mass is 16.5. The van der Waals surface area contributed by atoms with Gasteiger partial charge in [0.25, 0.3) is 0 Å². The number of aliphatic carboxylic acids is 1. The molecule has 0 aromatic heterocycles. The molecule has 5 nitrogen and oxygen atoms in total. The molecule has 1 atom stereocenters. The zero-order valence-electron chi connectivity index (χ0n) is 9.28. The molecule has 0 saturated carbocycles. The Morgan fingerprint density at radius 3 is 2.53 bits per heavy atom. The highest BCUT2D eigenvalue weighted by Crippen LogP contribution is 1.97. The van der Waals surface area contributed by atoms with Crippen LogP contribution in [0.5, 0.6) is 0 Å². The predicted molar refractivity (Wildman–Crippen MR) is 55.6 cm³/mol. The predicted octanol–water partition coefficient (Wildman–Crippen LogP) is 0.782. The molecule has 0 aliphatic heterocycles. The fourth-order valence-electron chi connectivity index (χ4n) is 1.19. The molecule has 0 aliphatic rings. The van der Waals surface area contributed by atoms with E-state index in [1.807, 2.05) is 6.92 Å². The third kappa shape index (κ3) is 6.90. The van der Waals surface area contributed by atoms with Crippen molar-refractivity contribution in [3.63, 3.8) is 0 Å². The van der Waals surface area contributed by atoms with E-state index in [0.717, 1.165) is 0 Å². The normalized spacial score (nSPS) is 12.1. The van der Waals surface area contributed by atoms with E-state index in [1.54, 1.807) is 0 Å². The van der Waals surface area contributed by atoms with Crippen molar-refractivity contribution < 1.29 is 19.4 Å². The van der Waals surface area contributed by atoms with E-state index in [2.05, 4.69) is 5.32 Å². The molecule has 0 heterocycles. The minimum atomic E-state index is -0.801. The van der Waals surface area contributed by atoms with Crippen LogP contribution in [0, 0.1) is 0 Å². The molecule has 0 rings (SSSR count). The molecule has 0 spiro atoms. The van der Waals surface area contributed by atoms with Gasteiger partial charge < -0.3 is 15.2 Å². The number of hydrogen-bond acceptors (Lipinski definition) is 3. The van der Waals surface area contributed by atoms with Gasteiger partial charge in [-0.25, -0.2) is 0 Å². The summed E-state index contributed by atoms with van der Waals surface area (Å²) in [4.78, 5) is 21.5. The summed E-state index contributed by atoms with van der Waals surface area (Å²) in [6, 6.07) is 0. The summed E-state index contributed by atoms with van der Waals surface area (Å²) in [5.74, 6) is -0.931. The van der Waals surface area contributed by atoms with Crippen molar-refractivity contribution in [3.8, 4) is 0 Å². The van der Waals surface area contributed by atoms with Crippen molar-refractivity contribution in [2.45, 2.75) is 38.7 Å². The van der Waals surface area contributed by atoms with Crippen LogP contribution in [0.4, 0.5) is 0 Å². The summed E-state index contributed by atoms with van der Waals surface area (Å²) < 4.78 is 4.95. The monoisotopic (exact) mass is 217 g/mol. The van der Waals surface area contributed by atoms with E-state index in [0.29, 0.717) is 25.8 Å². The molecule has 0 fully saturated rings. The first-order valence-electron chi connectivity index (χ1n) is 5.14. The Labute approximate surface area is 89.8 Å². The molecule has 2 N–H and O–H groups in total. The third-order valence-corrected chi connectivity index (χ3v) is 2.06. The van der Waals surface area contributed by atoms with Gasteiger partial charge in [0.15, 0.2) is 0 Å². The SMILES string of the molecule is CCC(OC)C(=O)NCCCCC(=O)O. The largest absolute Gasteiger partial charge is 0.481 e. The number of amides is 1. The van der Waals surface area contributed by atoms with Gasteiger partial charge in [0.2, 0.25) is 5.91 Å². The number of carboxylic acids is 1. The van der Waals surface area contributed by atoms with E-state index in [4.69, 9.17) is 9.84 Å². The molecule has 0 aromatic carbocycles. The first kappa shape index (κ1) is 13.9. The van der Waals surface area contributed by atoms with Gasteiger partial charge in [0, 0.05) is 20.1 Å². The quantitative estimate of drug-likeness (QED) is 0.589. The minimum Gasteiger partial charge on any atom is -0.481 e. The van der Waals surface area contributed by atoms with E-state index in [1.165, 1.54) is 7.11 Å². The van der Waals surface area contributed by atoms with Crippen molar-refractivity contribution in [2.75, 3.05) is 13.7 Å². The van der Waals surface area contributed by atoms with Gasteiger partial charge in [0.1, 0.15) is 6.10 Å². The molecule has 1 amide bonds. The van der Waals surface area contributed by atoms with Crippen LogP contribution in [-0.2, 0) is 14.3 Å². The summed E-state index contributed by atoms with van der Waals surface area (Å²) in [7, 11) is 1.50. The molecule has 0 saturated heterocycles. The number of hydrogen-bond donors (Lipinski definition) is 2. The fraction of sp³-hybridized carbons (Fsp3) is 0.800. The van der Waals surface area contributed by atoms with Gasteiger partial charge in [-0.05, 0) is 19.3 Å². The first-order valence-corrected chi connectivity index (χ1v) is 5.14. The summed E-state index contributed by atoms with van der Waals surface area (Å²) in [5.41, 5.74) is 0. The second-order valence-corrected chi connectivity index (χ2v) is 3.27. The average Bonchev–Trinajstić information content (AvgIpc) is 2.18. The Bertz CT molecular complexity index is 202. The number of carboxylic acid groups (broad SMARTS) is 1. The lowest BCUT2D eigenvalue weighted by Crippen LogP contribution is -2.35. The summed E-state index contributed by atoms with van der Waals surface area (Å²) in [6.45, 7) is 2.38. The highest BCUT2D eigenvalue weighted by molar-refractivity contribution is 5.80. The molecule has 1 unspecified atom stereocenters. The van der Waals surface area contributed by atoms with E-state index in [9.17, 15) is 9.59 Å². The Morgan fingerprint density at radius 2 is 2.07 bits per heavy atom. The van der Waals surface area contributed by atoms with Gasteiger partial charge in [0.05, 0.1) is 0 Å². The van der Waals surface area contributed by atoms with Crippen LogP contribution in [0.3, 0.4) is 0 Å². The minimum absolute atomic E-state index is 0.129. The molecule has 0 aromatic rings. The molecule has 0 aliphatic carbocycles. The maximum atomic E-state index is 11.3. The van der Waals surface area contributed by atoms with Crippen LogP contribution in [-0.4, -0.2) is 36.7 Å². The van der Waals surface area contributed by atoms with Crippen LogP contribution in [0.25, 0.3) is 0 Å². The van der Waals surface area contributed by atoms with Gasteiger partial charge in [-0.15, -0.1) is 0 Å². The first-order chi connectivity index (χ1) is 7.11. The Balaban J connectivity index is 3.50. The van der Waals surface area contributed by atoms with Crippen LogP contribution in [0.15, 0.2) is 0 Å². The molecule has 0 radical (unpaired) electrons. The van der Waals surface area contributed by atoms with Crippen LogP contribution in [0.1, 0.15) is 32.6 Å². The number of unbranched alkanes of at least 4 members (excludes halogenated alkanes) is 1. The molecule has 0 bridgehead atoms. The number of methoxy groups -OCH3 is 1. The van der Waals surface area contributed by atoms with E-state index >= 15 is 0 Å². The lowest BCUT2D eigenvalue weighted by Gasteiger charge is -2.12. The maximum absolute atomic E-state index is 11.3. The third-order valence-electron chi connectivity index (χ3n) is 2.06. The molecule has 88 valence electrons. The van der Waals surface area contributed by atoms with Crippen molar-refractivity contribution in [1.82, 2.24) is 5.32 Å². The number of rotatable bonds is 8. The van der Waals surface area contributed by atoms with Crippen LogP contribution >= 0.6 is 0 Å². The molecule has 15 heavy (non-hydrogen) atoms. The number of carbonyl (C=O) groups is 2. The van der Waals surface area contributed by atoms with Crippen molar-refractivity contribution in [2.24, 2.45) is 0 Å². The highest BCUT2D eigenvalue weighted by Gasteiger charge is 2.13. The lowest BCUT2D eigenvalue weighted by atomic mass is 10.2. The van der Waals surface area contributed by atoms with Crippen LogP contribution < -0.4 is 5.32 Å². The van der Waals surface area contributed by atoms with Crippen molar-refractivity contribution in [3.05, 3.63) is 0 Å². The number of ether oxygens (including phenoxy) is 1. The molecular weight excluding hydrogens is 198 g/mol. The van der Waals surface area contributed by atoms with Gasteiger partial charge >= 0.3 is 5.97 Å². The Morgan fingerprint density at radius 1 is 1.40 bits per heavy atom. The average molecular weight is 217 g/mol. The van der Waals surface area contributed by atoms with Crippen LogP contribution in [0.2, 0.25) is 0 Å². The Hall–Kier alpha value is -1.10. The number of nitrogens with one attached hydrogen (secondary N) is 1. The van der Waals surface area contributed by atoms with Gasteiger partial charge in [-0.2, -0.15) is 0 Å². The van der Waals surface area contributed by atoms with Crippen molar-refractivity contribution >= 4 is 11.9 Å². The zero-order chi connectivity index (χ0) is 11.7. The van der Waals surface area contributed by atoms with Crippen molar-refractivity contribution in [1.29, 1.82) is 0 Å². The lowest BCUT2D eigenvalue weighted by molar-refractivity contribution is -0.137.